The fraction of sp³-hybridized carbons (Fsp3) is 0.130. The first kappa shape index (κ1) is 24.6. The third-order valence-corrected chi connectivity index (χ3v) is 6.45. The summed E-state index contributed by atoms with van der Waals surface area (Å²) in [5, 5.41) is 4.69. The third-order valence-electron chi connectivity index (χ3n) is 4.80. The van der Waals surface area contributed by atoms with Gasteiger partial charge in [0.05, 0.1) is 28.4 Å². The van der Waals surface area contributed by atoms with Crippen molar-refractivity contribution < 1.29 is 26.3 Å². The molecule has 0 saturated carbocycles. The number of anilines is 1. The second-order valence-electron chi connectivity index (χ2n) is 7.25. The molecule has 4 aromatic rings. The van der Waals surface area contributed by atoms with Crippen LogP contribution >= 0.6 is 11.6 Å². The molecule has 1 heterocycles. The molecule has 1 aromatic heterocycles. The molecule has 0 atom stereocenters. The van der Waals surface area contributed by atoms with E-state index in [1.54, 1.807) is 25.1 Å². The van der Waals surface area contributed by atoms with Gasteiger partial charge in [0.15, 0.2) is 5.82 Å². The number of hydrogen-bond acceptors (Lipinski definition) is 5. The molecule has 0 radical (unpaired) electrons. The summed E-state index contributed by atoms with van der Waals surface area (Å²) in [6.45, 7) is 2.02. The minimum atomic E-state index is -4.47. The average molecular weight is 523 g/mol. The Morgan fingerprint density at radius 3 is 2.34 bits per heavy atom. The first-order chi connectivity index (χ1) is 16.6. The second-order valence-corrected chi connectivity index (χ2v) is 9.37. The summed E-state index contributed by atoms with van der Waals surface area (Å²) in [5.41, 5.74) is 0.221. The standard InChI is InChI=1S/C23H18ClF3N4O3S/c1-2-34-22-28-21(15-6-8-16(9-7-15)23(25,26)27)31(29-22)19-5-3-4-18(14-19)30-35(32,33)20-12-10-17(24)11-13-20/h3-14,30H,2H2,1H3. The topological polar surface area (TPSA) is 86.1 Å². The first-order valence-corrected chi connectivity index (χ1v) is 12.1. The molecule has 35 heavy (non-hydrogen) atoms. The summed E-state index contributed by atoms with van der Waals surface area (Å²) in [7, 11) is -3.90. The highest BCUT2D eigenvalue weighted by Gasteiger charge is 2.30. The Bertz CT molecular complexity index is 1440. The van der Waals surface area contributed by atoms with Crippen molar-refractivity contribution in [3.8, 4) is 23.1 Å². The highest BCUT2D eigenvalue weighted by molar-refractivity contribution is 7.92. The lowest BCUT2D eigenvalue weighted by molar-refractivity contribution is -0.137. The van der Waals surface area contributed by atoms with Gasteiger partial charge in [-0.3, -0.25) is 4.72 Å². The first-order valence-electron chi connectivity index (χ1n) is 10.2. The summed E-state index contributed by atoms with van der Waals surface area (Å²) >= 11 is 5.83. The number of rotatable bonds is 7. The zero-order chi connectivity index (χ0) is 25.2. The minimum absolute atomic E-state index is 0.0227. The number of benzene rings is 3. The van der Waals surface area contributed by atoms with Crippen LogP contribution in [0.2, 0.25) is 5.02 Å². The fourth-order valence-corrected chi connectivity index (χ4v) is 4.36. The Morgan fingerprint density at radius 1 is 1.03 bits per heavy atom. The van der Waals surface area contributed by atoms with Crippen LogP contribution in [0.15, 0.2) is 77.7 Å². The number of alkyl halides is 3. The zero-order valence-electron chi connectivity index (χ0n) is 18.1. The molecule has 182 valence electrons. The smallest absolute Gasteiger partial charge is 0.416 e. The molecule has 0 spiro atoms. The molecule has 0 fully saturated rings. The largest absolute Gasteiger partial charge is 0.463 e. The molecule has 0 unspecified atom stereocenters. The molecule has 0 aliphatic rings. The van der Waals surface area contributed by atoms with E-state index < -0.39 is 21.8 Å². The van der Waals surface area contributed by atoms with Crippen molar-refractivity contribution in [1.29, 1.82) is 0 Å². The van der Waals surface area contributed by atoms with Gasteiger partial charge in [0.1, 0.15) is 0 Å². The van der Waals surface area contributed by atoms with Gasteiger partial charge in [-0.2, -0.15) is 18.2 Å². The lowest BCUT2D eigenvalue weighted by Gasteiger charge is -2.11. The van der Waals surface area contributed by atoms with Crippen molar-refractivity contribution in [3.05, 3.63) is 83.4 Å². The van der Waals surface area contributed by atoms with Crippen molar-refractivity contribution in [2.45, 2.75) is 18.0 Å². The van der Waals surface area contributed by atoms with Crippen molar-refractivity contribution in [3.63, 3.8) is 0 Å². The van der Waals surface area contributed by atoms with Crippen molar-refractivity contribution in [2.24, 2.45) is 0 Å². The van der Waals surface area contributed by atoms with Gasteiger partial charge in [0.25, 0.3) is 10.0 Å². The molecular weight excluding hydrogens is 505 g/mol. The van der Waals surface area contributed by atoms with Gasteiger partial charge in [-0.1, -0.05) is 29.8 Å². The highest BCUT2D eigenvalue weighted by Crippen LogP contribution is 2.32. The van der Waals surface area contributed by atoms with E-state index in [4.69, 9.17) is 16.3 Å². The zero-order valence-corrected chi connectivity index (χ0v) is 19.7. The molecule has 0 aliphatic heterocycles. The lowest BCUT2D eigenvalue weighted by atomic mass is 10.1. The predicted molar refractivity (Wildman–Crippen MR) is 125 cm³/mol. The van der Waals surface area contributed by atoms with Crippen LogP contribution in [0, 0.1) is 0 Å². The normalized spacial score (nSPS) is 11.9. The summed E-state index contributed by atoms with van der Waals surface area (Å²) in [5.74, 6) is 0.222. The van der Waals surface area contributed by atoms with Crippen LogP contribution in [-0.4, -0.2) is 29.8 Å². The van der Waals surface area contributed by atoms with E-state index >= 15 is 0 Å². The molecule has 4 rings (SSSR count). The van der Waals surface area contributed by atoms with E-state index in [2.05, 4.69) is 14.8 Å². The van der Waals surface area contributed by atoms with Gasteiger partial charge in [-0.05, 0) is 61.5 Å². The summed E-state index contributed by atoms with van der Waals surface area (Å²) < 4.78 is 73.7. The maximum absolute atomic E-state index is 13.0. The Labute approximate surface area is 204 Å². The van der Waals surface area contributed by atoms with E-state index in [-0.39, 0.29) is 29.0 Å². The Morgan fingerprint density at radius 2 is 1.71 bits per heavy atom. The van der Waals surface area contributed by atoms with Gasteiger partial charge < -0.3 is 4.74 Å². The van der Waals surface area contributed by atoms with Crippen molar-refractivity contribution >= 4 is 27.3 Å². The van der Waals surface area contributed by atoms with E-state index in [9.17, 15) is 21.6 Å². The molecule has 0 aliphatic carbocycles. The molecule has 7 nitrogen and oxygen atoms in total. The summed E-state index contributed by atoms with van der Waals surface area (Å²) in [6.07, 6.45) is -4.47. The van der Waals surface area contributed by atoms with Gasteiger partial charge in [0.2, 0.25) is 0 Å². The lowest BCUT2D eigenvalue weighted by Crippen LogP contribution is -2.13. The van der Waals surface area contributed by atoms with Crippen LogP contribution in [0.3, 0.4) is 0 Å². The third kappa shape index (κ3) is 5.57. The van der Waals surface area contributed by atoms with E-state index in [0.29, 0.717) is 16.3 Å². The highest BCUT2D eigenvalue weighted by atomic mass is 35.5. The minimum Gasteiger partial charge on any atom is -0.463 e. The van der Waals surface area contributed by atoms with Crippen molar-refractivity contribution in [2.75, 3.05) is 11.3 Å². The van der Waals surface area contributed by atoms with Crippen LogP contribution < -0.4 is 9.46 Å². The van der Waals surface area contributed by atoms with E-state index in [1.807, 2.05) is 0 Å². The van der Waals surface area contributed by atoms with Crippen LogP contribution in [0.1, 0.15) is 12.5 Å². The van der Waals surface area contributed by atoms with E-state index in [0.717, 1.165) is 12.1 Å². The number of halogens is 4. The van der Waals surface area contributed by atoms with Crippen LogP contribution in [-0.2, 0) is 16.2 Å². The van der Waals surface area contributed by atoms with Crippen LogP contribution in [0.25, 0.3) is 17.1 Å². The SMILES string of the molecule is CCOc1nc(-c2ccc(C(F)(F)F)cc2)n(-c2cccc(NS(=O)(=O)c3ccc(Cl)cc3)c2)n1. The summed E-state index contributed by atoms with van der Waals surface area (Å²) in [4.78, 5) is 4.32. The average Bonchev–Trinajstić information content (AvgIpc) is 3.23. The molecule has 12 heteroatoms. The number of sulfonamides is 1. The van der Waals surface area contributed by atoms with Gasteiger partial charge in [-0.15, -0.1) is 5.10 Å². The van der Waals surface area contributed by atoms with Crippen LogP contribution in [0.5, 0.6) is 6.01 Å². The fourth-order valence-electron chi connectivity index (χ4n) is 3.19. The number of nitrogens with zero attached hydrogens (tertiary/aromatic N) is 3. The molecule has 0 saturated heterocycles. The monoisotopic (exact) mass is 522 g/mol. The van der Waals surface area contributed by atoms with Gasteiger partial charge in [-0.25, -0.2) is 13.1 Å². The number of hydrogen-bond donors (Lipinski definition) is 1. The molecule has 3 aromatic carbocycles. The Balaban J connectivity index is 1.71. The number of ether oxygens (including phenoxy) is 1. The quantitative estimate of drug-likeness (QED) is 0.331. The van der Waals surface area contributed by atoms with Gasteiger partial charge >= 0.3 is 12.2 Å². The molecule has 1 N–H and O–H groups in total. The van der Waals surface area contributed by atoms with E-state index in [1.165, 1.54) is 47.1 Å². The Kier molecular flexibility index (Phi) is 6.73. The molecular formula is C23H18ClF3N4O3S. The van der Waals surface area contributed by atoms with Gasteiger partial charge in [0, 0.05) is 10.6 Å². The van der Waals surface area contributed by atoms with Crippen molar-refractivity contribution in [1.82, 2.24) is 14.8 Å². The number of aromatic nitrogens is 3. The second kappa shape index (κ2) is 9.59. The Hall–Kier alpha value is -3.57. The summed E-state index contributed by atoms with van der Waals surface area (Å²) in [6, 6.07) is 16.5. The maximum atomic E-state index is 13.0. The maximum Gasteiger partial charge on any atom is 0.416 e. The molecule has 0 bridgehead atoms. The molecule has 0 amide bonds. The number of nitrogens with one attached hydrogen (secondary N) is 1. The van der Waals surface area contributed by atoms with Crippen LogP contribution in [0.4, 0.5) is 18.9 Å². The predicted octanol–water partition coefficient (Wildman–Crippen LogP) is 5.81.